The number of alkyl halides is 3. The average Bonchev–Trinajstić information content (AvgIpc) is 2.96. The number of carbonyl (C=O) groups is 2. The van der Waals surface area contributed by atoms with Crippen LogP contribution in [0.5, 0.6) is 5.88 Å². The highest BCUT2D eigenvalue weighted by atomic mass is 19.4. The Morgan fingerprint density at radius 2 is 2.00 bits per heavy atom. The number of ether oxygens (including phenoxy) is 1. The van der Waals surface area contributed by atoms with Crippen LogP contribution >= 0.6 is 0 Å². The summed E-state index contributed by atoms with van der Waals surface area (Å²) >= 11 is 0. The smallest absolute Gasteiger partial charge is 0.405 e. The first-order valence-corrected chi connectivity index (χ1v) is 7.04. The number of anilines is 1. The summed E-state index contributed by atoms with van der Waals surface area (Å²) in [5.41, 5.74) is -0.0375. The van der Waals surface area contributed by atoms with Crippen LogP contribution in [-0.2, 0) is 4.79 Å². The van der Waals surface area contributed by atoms with Crippen molar-refractivity contribution in [1.29, 1.82) is 0 Å². The standard InChI is InChI=1S/C15H14F3N3O4/c1-9-6-13(21-25-9)24-7-12(22)20-11-5-3-2-4-10(11)14(23)19-8-15(16,17)18/h2-6H,7-8H2,1H3,(H,19,23)(H,20,22). The maximum Gasteiger partial charge on any atom is 0.405 e. The molecule has 1 heterocycles. The Hall–Kier alpha value is -3.04. The Kier molecular flexibility index (Phi) is 5.63. The molecule has 0 unspecified atom stereocenters. The lowest BCUT2D eigenvalue weighted by atomic mass is 10.1. The second-order valence-electron chi connectivity index (χ2n) is 4.96. The van der Waals surface area contributed by atoms with Crippen LogP contribution in [0, 0.1) is 6.92 Å². The summed E-state index contributed by atoms with van der Waals surface area (Å²) < 4.78 is 46.4. The maximum absolute atomic E-state index is 12.2. The molecule has 0 saturated heterocycles. The van der Waals surface area contributed by atoms with Crippen LogP contribution in [0.1, 0.15) is 16.1 Å². The summed E-state index contributed by atoms with van der Waals surface area (Å²) in [6.07, 6.45) is -4.53. The third-order valence-electron chi connectivity index (χ3n) is 2.85. The molecule has 0 aliphatic heterocycles. The zero-order valence-corrected chi connectivity index (χ0v) is 13.0. The summed E-state index contributed by atoms with van der Waals surface area (Å²) in [6, 6.07) is 7.15. The van der Waals surface area contributed by atoms with Gasteiger partial charge in [-0.3, -0.25) is 9.59 Å². The van der Waals surface area contributed by atoms with E-state index in [0.29, 0.717) is 5.76 Å². The molecule has 0 bridgehead atoms. The number of benzene rings is 1. The fourth-order valence-corrected chi connectivity index (χ4v) is 1.80. The molecule has 2 aromatic rings. The van der Waals surface area contributed by atoms with E-state index in [1.807, 2.05) is 0 Å². The Labute approximate surface area is 140 Å². The van der Waals surface area contributed by atoms with Gasteiger partial charge in [0.2, 0.25) is 0 Å². The fourth-order valence-electron chi connectivity index (χ4n) is 1.80. The number of para-hydroxylation sites is 1. The molecule has 0 spiro atoms. The highest BCUT2D eigenvalue weighted by Crippen LogP contribution is 2.17. The Morgan fingerprint density at radius 3 is 2.64 bits per heavy atom. The average molecular weight is 357 g/mol. The summed E-state index contributed by atoms with van der Waals surface area (Å²) in [6.45, 7) is -0.233. The van der Waals surface area contributed by atoms with Crippen molar-refractivity contribution < 1.29 is 32.0 Å². The van der Waals surface area contributed by atoms with Gasteiger partial charge in [-0.2, -0.15) is 13.2 Å². The molecule has 0 fully saturated rings. The second-order valence-corrected chi connectivity index (χ2v) is 4.96. The van der Waals surface area contributed by atoms with Crippen LogP contribution < -0.4 is 15.4 Å². The molecule has 7 nitrogen and oxygen atoms in total. The van der Waals surface area contributed by atoms with Gasteiger partial charge in [-0.05, 0) is 24.2 Å². The van der Waals surface area contributed by atoms with Gasteiger partial charge in [-0.25, -0.2) is 0 Å². The van der Waals surface area contributed by atoms with Gasteiger partial charge in [-0.15, -0.1) is 0 Å². The minimum absolute atomic E-state index is 0.0621. The number of nitrogens with one attached hydrogen (secondary N) is 2. The van der Waals surface area contributed by atoms with Crippen molar-refractivity contribution in [3.05, 3.63) is 41.7 Å². The summed E-state index contributed by atoms with van der Waals surface area (Å²) in [7, 11) is 0. The van der Waals surface area contributed by atoms with Crippen LogP contribution in [0.4, 0.5) is 18.9 Å². The van der Waals surface area contributed by atoms with Crippen molar-refractivity contribution in [2.75, 3.05) is 18.5 Å². The van der Waals surface area contributed by atoms with Crippen LogP contribution in [0.25, 0.3) is 0 Å². The predicted molar refractivity (Wildman–Crippen MR) is 80.2 cm³/mol. The van der Waals surface area contributed by atoms with Crippen LogP contribution in [-0.4, -0.2) is 36.3 Å². The molecule has 2 rings (SSSR count). The molecule has 0 radical (unpaired) electrons. The number of aryl methyl sites for hydroxylation is 1. The number of aromatic nitrogens is 1. The van der Waals surface area contributed by atoms with Gasteiger partial charge >= 0.3 is 6.18 Å². The quantitative estimate of drug-likeness (QED) is 0.827. The molecule has 0 atom stereocenters. The number of amides is 2. The Morgan fingerprint density at radius 1 is 1.28 bits per heavy atom. The molecule has 1 aromatic carbocycles. The lowest BCUT2D eigenvalue weighted by Crippen LogP contribution is -2.34. The zero-order valence-electron chi connectivity index (χ0n) is 13.0. The number of halogens is 3. The molecule has 2 amide bonds. The van der Waals surface area contributed by atoms with Gasteiger partial charge in [0.25, 0.3) is 17.7 Å². The first-order chi connectivity index (χ1) is 11.7. The van der Waals surface area contributed by atoms with Gasteiger partial charge < -0.3 is 19.9 Å². The summed E-state index contributed by atoms with van der Waals surface area (Å²) in [5, 5.41) is 7.69. The fraction of sp³-hybridized carbons (Fsp3) is 0.267. The number of carbonyl (C=O) groups excluding carboxylic acids is 2. The zero-order chi connectivity index (χ0) is 18.4. The van der Waals surface area contributed by atoms with Gasteiger partial charge in [0, 0.05) is 6.07 Å². The Balaban J connectivity index is 1.97. The lowest BCUT2D eigenvalue weighted by molar-refractivity contribution is -0.123. The highest BCUT2D eigenvalue weighted by molar-refractivity contribution is 6.04. The minimum atomic E-state index is -4.53. The topological polar surface area (TPSA) is 93.5 Å². The number of hydrogen-bond acceptors (Lipinski definition) is 5. The van der Waals surface area contributed by atoms with Crippen LogP contribution in [0.3, 0.4) is 0 Å². The largest absolute Gasteiger partial charge is 0.465 e. The first-order valence-electron chi connectivity index (χ1n) is 7.04. The van der Waals surface area contributed by atoms with Crippen molar-refractivity contribution in [3.63, 3.8) is 0 Å². The molecule has 10 heteroatoms. The van der Waals surface area contributed by atoms with Gasteiger partial charge in [0.05, 0.1) is 11.3 Å². The molecule has 2 N–H and O–H groups in total. The maximum atomic E-state index is 12.2. The molecule has 134 valence electrons. The number of rotatable bonds is 6. The number of nitrogens with zero attached hydrogens (tertiary/aromatic N) is 1. The van der Waals surface area contributed by atoms with E-state index in [1.165, 1.54) is 30.3 Å². The third-order valence-corrected chi connectivity index (χ3v) is 2.85. The molecule has 0 aliphatic carbocycles. The van der Waals surface area contributed by atoms with Crippen molar-refractivity contribution >= 4 is 17.5 Å². The van der Waals surface area contributed by atoms with E-state index < -0.39 is 31.1 Å². The number of hydrogen-bond donors (Lipinski definition) is 2. The lowest BCUT2D eigenvalue weighted by Gasteiger charge is -2.12. The van der Waals surface area contributed by atoms with Gasteiger partial charge in [0.15, 0.2) is 6.61 Å². The van der Waals surface area contributed by atoms with E-state index in [-0.39, 0.29) is 17.1 Å². The summed E-state index contributed by atoms with van der Waals surface area (Å²) in [5.74, 6) is -0.955. The SMILES string of the molecule is Cc1cc(OCC(=O)Nc2ccccc2C(=O)NCC(F)(F)F)no1. The molecule has 25 heavy (non-hydrogen) atoms. The first kappa shape index (κ1) is 18.3. The van der Waals surface area contributed by atoms with E-state index in [9.17, 15) is 22.8 Å². The van der Waals surface area contributed by atoms with Crippen LogP contribution in [0.2, 0.25) is 0 Å². The monoisotopic (exact) mass is 357 g/mol. The minimum Gasteiger partial charge on any atom is -0.465 e. The predicted octanol–water partition coefficient (Wildman–Crippen LogP) is 2.29. The van der Waals surface area contributed by atoms with Crippen molar-refractivity contribution in [1.82, 2.24) is 10.5 Å². The van der Waals surface area contributed by atoms with Gasteiger partial charge in [0.1, 0.15) is 12.3 Å². The van der Waals surface area contributed by atoms with Crippen molar-refractivity contribution in [2.24, 2.45) is 0 Å². The molecule has 0 saturated carbocycles. The van der Waals surface area contributed by atoms with E-state index in [4.69, 9.17) is 9.26 Å². The van der Waals surface area contributed by atoms with E-state index in [1.54, 1.807) is 12.2 Å². The molecule has 0 aliphatic rings. The molecular formula is C15H14F3N3O4. The van der Waals surface area contributed by atoms with Crippen molar-refractivity contribution in [2.45, 2.75) is 13.1 Å². The van der Waals surface area contributed by atoms with E-state index >= 15 is 0 Å². The third kappa shape index (κ3) is 5.83. The second kappa shape index (κ2) is 7.69. The summed E-state index contributed by atoms with van der Waals surface area (Å²) in [4.78, 5) is 23.7. The van der Waals surface area contributed by atoms with E-state index in [2.05, 4.69) is 10.5 Å². The normalized spacial score (nSPS) is 11.0. The molecular weight excluding hydrogens is 343 g/mol. The van der Waals surface area contributed by atoms with Crippen molar-refractivity contribution in [3.8, 4) is 5.88 Å². The van der Waals surface area contributed by atoms with Gasteiger partial charge in [-0.1, -0.05) is 12.1 Å². The highest BCUT2D eigenvalue weighted by Gasteiger charge is 2.28. The Bertz CT molecular complexity index is 758. The molecule has 1 aromatic heterocycles. The van der Waals surface area contributed by atoms with E-state index in [0.717, 1.165) is 0 Å². The van der Waals surface area contributed by atoms with Crippen LogP contribution in [0.15, 0.2) is 34.9 Å².